The van der Waals surface area contributed by atoms with Gasteiger partial charge in [0.1, 0.15) is 0 Å². The highest BCUT2D eigenvalue weighted by Crippen LogP contribution is 2.35. The first kappa shape index (κ1) is 10.2. The van der Waals surface area contributed by atoms with Gasteiger partial charge in [-0.15, -0.1) is 0 Å². The fourth-order valence-electron chi connectivity index (χ4n) is 3.19. The van der Waals surface area contributed by atoms with E-state index in [1.807, 2.05) is 0 Å². The number of aromatic nitrogens is 2. The van der Waals surface area contributed by atoms with Gasteiger partial charge >= 0.3 is 0 Å². The molecule has 2 N–H and O–H groups in total. The van der Waals surface area contributed by atoms with Crippen LogP contribution in [0.4, 0.5) is 0 Å². The topological polar surface area (TPSA) is 68.2 Å². The third-order valence-electron chi connectivity index (χ3n) is 4.00. The second-order valence-corrected chi connectivity index (χ2v) is 5.05. The zero-order valence-corrected chi connectivity index (χ0v) is 9.38. The third kappa shape index (κ3) is 1.85. The molecule has 0 spiro atoms. The van der Waals surface area contributed by atoms with E-state index in [2.05, 4.69) is 15.0 Å². The van der Waals surface area contributed by atoms with Crippen LogP contribution in [0.1, 0.15) is 25.2 Å². The molecule has 1 aliphatic heterocycles. The summed E-state index contributed by atoms with van der Waals surface area (Å²) < 4.78 is 5.04. The lowest BCUT2D eigenvalue weighted by Gasteiger charge is -2.29. The molecule has 2 fully saturated rings. The summed E-state index contributed by atoms with van der Waals surface area (Å²) >= 11 is 0. The first-order chi connectivity index (χ1) is 7.83. The van der Waals surface area contributed by atoms with Crippen molar-refractivity contribution in [3.63, 3.8) is 0 Å². The van der Waals surface area contributed by atoms with E-state index in [1.165, 1.54) is 25.6 Å². The van der Waals surface area contributed by atoms with Gasteiger partial charge in [0.25, 0.3) is 0 Å². The molecule has 0 radical (unpaired) electrons. The van der Waals surface area contributed by atoms with E-state index >= 15 is 0 Å². The van der Waals surface area contributed by atoms with Gasteiger partial charge in [0.15, 0.2) is 6.33 Å². The molecule has 3 rings (SSSR count). The van der Waals surface area contributed by atoms with Crippen LogP contribution >= 0.6 is 0 Å². The second kappa shape index (κ2) is 4.14. The van der Waals surface area contributed by atoms with Gasteiger partial charge in [-0.05, 0) is 24.7 Å². The number of nitrogens with zero attached hydrogens (tertiary/aromatic N) is 3. The lowest BCUT2D eigenvalue weighted by molar-refractivity contribution is 0.252. The normalized spacial score (nSPS) is 35.2. The van der Waals surface area contributed by atoms with Gasteiger partial charge in [0.2, 0.25) is 5.89 Å². The largest absolute Gasteiger partial charge is 0.338 e. The Morgan fingerprint density at radius 3 is 3.12 bits per heavy atom. The van der Waals surface area contributed by atoms with Crippen molar-refractivity contribution in [2.24, 2.45) is 17.6 Å². The van der Waals surface area contributed by atoms with Crippen LogP contribution in [0.25, 0.3) is 0 Å². The van der Waals surface area contributed by atoms with E-state index in [-0.39, 0.29) is 0 Å². The second-order valence-electron chi connectivity index (χ2n) is 5.05. The molecule has 5 nitrogen and oxygen atoms in total. The van der Waals surface area contributed by atoms with E-state index in [9.17, 15) is 0 Å². The van der Waals surface area contributed by atoms with Crippen molar-refractivity contribution in [1.82, 2.24) is 15.0 Å². The Kier molecular flexibility index (Phi) is 2.65. The minimum atomic E-state index is 0.395. The Morgan fingerprint density at radius 2 is 2.38 bits per heavy atom. The van der Waals surface area contributed by atoms with Crippen LogP contribution in [0.5, 0.6) is 0 Å². The molecule has 0 aromatic carbocycles. The highest BCUT2D eigenvalue weighted by molar-refractivity contribution is 4.94. The zero-order chi connectivity index (χ0) is 11.0. The summed E-state index contributed by atoms with van der Waals surface area (Å²) in [5.74, 6) is 2.18. The number of nitrogens with two attached hydrogens (primary N) is 1. The maximum Gasteiger partial charge on any atom is 0.240 e. The first-order valence-electron chi connectivity index (χ1n) is 6.06. The van der Waals surface area contributed by atoms with Crippen LogP contribution in [-0.2, 0) is 6.54 Å². The average molecular weight is 222 g/mol. The number of hydrogen-bond donors (Lipinski definition) is 1. The number of rotatable bonds is 2. The molecule has 0 bridgehead atoms. The van der Waals surface area contributed by atoms with Gasteiger partial charge in [-0.1, -0.05) is 11.6 Å². The summed E-state index contributed by atoms with van der Waals surface area (Å²) in [7, 11) is 0. The zero-order valence-electron chi connectivity index (χ0n) is 9.38. The van der Waals surface area contributed by atoms with E-state index in [1.54, 1.807) is 0 Å². The van der Waals surface area contributed by atoms with Gasteiger partial charge in [-0.25, -0.2) is 0 Å². The minimum Gasteiger partial charge on any atom is -0.338 e. The van der Waals surface area contributed by atoms with Crippen molar-refractivity contribution in [1.29, 1.82) is 0 Å². The highest BCUT2D eigenvalue weighted by Gasteiger charge is 2.38. The molecule has 88 valence electrons. The third-order valence-corrected chi connectivity index (χ3v) is 4.00. The van der Waals surface area contributed by atoms with Crippen LogP contribution in [0, 0.1) is 11.8 Å². The Bertz CT molecular complexity index is 340. The molecule has 16 heavy (non-hydrogen) atoms. The van der Waals surface area contributed by atoms with Crippen molar-refractivity contribution in [3.05, 3.63) is 12.2 Å². The standard InChI is InChI=1S/C11H18N4O/c12-10-3-1-2-8-4-15(5-9(8)10)6-11-13-7-14-16-11/h7-10H,1-6,12H2. The quantitative estimate of drug-likeness (QED) is 0.794. The summed E-state index contributed by atoms with van der Waals surface area (Å²) in [6.07, 6.45) is 5.27. The fourth-order valence-corrected chi connectivity index (χ4v) is 3.19. The molecule has 1 aromatic heterocycles. The molecule has 2 aliphatic rings. The molecule has 1 saturated carbocycles. The molecule has 3 unspecified atom stereocenters. The molecule has 5 heteroatoms. The lowest BCUT2D eigenvalue weighted by Crippen LogP contribution is -2.38. The molecule has 0 amide bonds. The van der Waals surface area contributed by atoms with Crippen LogP contribution in [-0.4, -0.2) is 34.2 Å². The average Bonchev–Trinajstić information content (AvgIpc) is 2.88. The fraction of sp³-hybridized carbons (Fsp3) is 0.818. The Hall–Kier alpha value is -0.940. The number of fused-ring (bicyclic) bond motifs is 1. The van der Waals surface area contributed by atoms with Gasteiger partial charge in [0, 0.05) is 19.1 Å². The summed E-state index contributed by atoms with van der Waals surface area (Å²) in [5, 5.41) is 3.63. The van der Waals surface area contributed by atoms with Crippen LogP contribution in [0.3, 0.4) is 0 Å². The van der Waals surface area contributed by atoms with E-state index in [0.717, 1.165) is 25.6 Å². The molecular weight excluding hydrogens is 204 g/mol. The smallest absolute Gasteiger partial charge is 0.240 e. The van der Waals surface area contributed by atoms with E-state index in [4.69, 9.17) is 10.3 Å². The predicted octanol–water partition coefficient (Wildman–Crippen LogP) is 0.629. The van der Waals surface area contributed by atoms with Gasteiger partial charge in [-0.2, -0.15) is 4.98 Å². The lowest BCUT2D eigenvalue weighted by atomic mass is 9.78. The monoisotopic (exact) mass is 222 g/mol. The maximum atomic E-state index is 6.18. The Balaban J connectivity index is 1.63. The maximum absolute atomic E-state index is 6.18. The van der Waals surface area contributed by atoms with Crippen molar-refractivity contribution < 1.29 is 4.52 Å². The van der Waals surface area contributed by atoms with Crippen molar-refractivity contribution >= 4 is 0 Å². The Labute approximate surface area is 95.0 Å². The van der Waals surface area contributed by atoms with Crippen LogP contribution < -0.4 is 5.73 Å². The van der Waals surface area contributed by atoms with E-state index < -0.39 is 0 Å². The molecule has 3 atom stereocenters. The highest BCUT2D eigenvalue weighted by atomic mass is 16.5. The summed E-state index contributed by atoms with van der Waals surface area (Å²) in [6, 6.07) is 0.395. The summed E-state index contributed by atoms with van der Waals surface area (Å²) in [6.45, 7) is 3.01. The summed E-state index contributed by atoms with van der Waals surface area (Å²) in [5.41, 5.74) is 6.18. The minimum absolute atomic E-state index is 0.395. The molecule has 2 heterocycles. The van der Waals surface area contributed by atoms with Gasteiger partial charge in [0.05, 0.1) is 6.54 Å². The molecular formula is C11H18N4O. The van der Waals surface area contributed by atoms with Crippen molar-refractivity contribution in [2.75, 3.05) is 13.1 Å². The number of likely N-dealkylation sites (tertiary alicyclic amines) is 1. The first-order valence-corrected chi connectivity index (χ1v) is 6.06. The SMILES string of the molecule is NC1CCCC2CN(Cc3ncno3)CC12. The molecule has 1 aliphatic carbocycles. The summed E-state index contributed by atoms with van der Waals surface area (Å²) in [4.78, 5) is 6.46. The van der Waals surface area contributed by atoms with E-state index in [0.29, 0.717) is 17.9 Å². The van der Waals surface area contributed by atoms with Gasteiger partial charge in [-0.3, -0.25) is 4.90 Å². The van der Waals surface area contributed by atoms with Gasteiger partial charge < -0.3 is 10.3 Å². The molecule has 1 aromatic rings. The predicted molar refractivity (Wildman–Crippen MR) is 58.4 cm³/mol. The molecule has 1 saturated heterocycles. The van der Waals surface area contributed by atoms with Crippen molar-refractivity contribution in [2.45, 2.75) is 31.8 Å². The van der Waals surface area contributed by atoms with Crippen LogP contribution in [0.2, 0.25) is 0 Å². The Morgan fingerprint density at radius 1 is 1.44 bits per heavy atom. The van der Waals surface area contributed by atoms with Crippen LogP contribution in [0.15, 0.2) is 10.9 Å². The number of hydrogen-bond acceptors (Lipinski definition) is 5. The van der Waals surface area contributed by atoms with Crippen molar-refractivity contribution in [3.8, 4) is 0 Å².